The van der Waals surface area contributed by atoms with Gasteiger partial charge in [0.1, 0.15) is 0 Å². The highest BCUT2D eigenvalue weighted by Crippen LogP contribution is 2.25. The lowest BCUT2D eigenvalue weighted by atomic mass is 10.0. The fraction of sp³-hybridized carbons (Fsp3) is 0.833. The highest BCUT2D eigenvalue weighted by molar-refractivity contribution is 6.02. The van der Waals surface area contributed by atoms with Gasteiger partial charge in [-0.25, -0.2) is 0 Å². The van der Waals surface area contributed by atoms with Gasteiger partial charge in [0.2, 0.25) is 5.91 Å². The van der Waals surface area contributed by atoms with Gasteiger partial charge in [0.25, 0.3) is 0 Å². The fourth-order valence-electron chi connectivity index (χ4n) is 2.58. The summed E-state index contributed by atoms with van der Waals surface area (Å²) >= 11 is 0. The minimum Gasteiger partial charge on any atom is -0.409 e. The Morgan fingerprint density at radius 2 is 2.11 bits per heavy atom. The third kappa shape index (κ3) is 3.35. The van der Waals surface area contributed by atoms with Gasteiger partial charge in [-0.3, -0.25) is 4.79 Å². The van der Waals surface area contributed by atoms with Crippen molar-refractivity contribution in [1.29, 1.82) is 0 Å². The second kappa shape index (κ2) is 7.20. The molecule has 0 aromatic heterocycles. The molecule has 0 heterocycles. The minimum absolute atomic E-state index is 0.0524. The number of nitrogens with two attached hydrogens (primary N) is 1. The lowest BCUT2D eigenvalue weighted by molar-refractivity contribution is -0.136. The predicted octanol–water partition coefficient (Wildman–Crippen LogP) is 0.522. The lowest BCUT2D eigenvalue weighted by Crippen LogP contribution is -2.47. The molecule has 1 aliphatic rings. The number of hydrogen-bond acceptors (Lipinski definition) is 4. The number of carbonyl (C=O) groups excluding carboxylic acids is 1. The van der Waals surface area contributed by atoms with Gasteiger partial charge >= 0.3 is 0 Å². The number of amides is 1. The van der Waals surface area contributed by atoms with Crippen molar-refractivity contribution < 1.29 is 15.1 Å². The highest BCUT2D eigenvalue weighted by atomic mass is 16.4. The van der Waals surface area contributed by atoms with Crippen LogP contribution in [-0.4, -0.2) is 46.1 Å². The molecule has 1 aliphatic carbocycles. The van der Waals surface area contributed by atoms with E-state index in [2.05, 4.69) is 5.16 Å². The van der Waals surface area contributed by atoms with E-state index >= 15 is 0 Å². The third-order valence-corrected chi connectivity index (χ3v) is 3.57. The number of amidine groups is 1. The van der Waals surface area contributed by atoms with Crippen LogP contribution in [0.1, 0.15) is 39.0 Å². The lowest BCUT2D eigenvalue weighted by Gasteiger charge is -2.31. The van der Waals surface area contributed by atoms with E-state index in [0.717, 1.165) is 25.7 Å². The minimum atomic E-state index is -0.595. The molecule has 6 nitrogen and oxygen atoms in total. The Kier molecular flexibility index (Phi) is 5.91. The van der Waals surface area contributed by atoms with Crippen LogP contribution < -0.4 is 5.73 Å². The Labute approximate surface area is 107 Å². The second-order valence-electron chi connectivity index (χ2n) is 4.68. The molecule has 0 radical (unpaired) electrons. The largest absolute Gasteiger partial charge is 0.409 e. The highest BCUT2D eigenvalue weighted by Gasteiger charge is 2.32. The van der Waals surface area contributed by atoms with E-state index in [4.69, 9.17) is 16.0 Å². The molecule has 0 aromatic carbocycles. The standard InChI is InChI=1S/C12H23N3O3/c1-2-10(11(13)14-18)12(17)15(7-8-16)9-5-3-4-6-9/h9-10,16,18H,2-8H2,1H3,(H2,13,14). The van der Waals surface area contributed by atoms with Gasteiger partial charge in [0.05, 0.1) is 12.5 Å². The zero-order valence-electron chi connectivity index (χ0n) is 10.9. The summed E-state index contributed by atoms with van der Waals surface area (Å²) in [6.45, 7) is 2.08. The summed E-state index contributed by atoms with van der Waals surface area (Å²) in [6.07, 6.45) is 4.65. The SMILES string of the molecule is CCC(C(=O)N(CCO)C1CCCC1)/C(N)=N/O. The van der Waals surface area contributed by atoms with E-state index in [1.54, 1.807) is 4.90 Å². The molecule has 0 aliphatic heterocycles. The van der Waals surface area contributed by atoms with Crippen LogP contribution in [0, 0.1) is 5.92 Å². The van der Waals surface area contributed by atoms with Gasteiger partial charge in [-0.15, -0.1) is 0 Å². The summed E-state index contributed by atoms with van der Waals surface area (Å²) in [7, 11) is 0. The van der Waals surface area contributed by atoms with E-state index in [9.17, 15) is 4.79 Å². The molecule has 0 bridgehead atoms. The van der Waals surface area contributed by atoms with Crippen LogP contribution in [0.2, 0.25) is 0 Å². The van der Waals surface area contributed by atoms with Gasteiger partial charge in [-0.05, 0) is 19.3 Å². The monoisotopic (exact) mass is 257 g/mol. The molecule has 104 valence electrons. The summed E-state index contributed by atoms with van der Waals surface area (Å²) in [5.74, 6) is -0.792. The summed E-state index contributed by atoms with van der Waals surface area (Å²) < 4.78 is 0. The summed E-state index contributed by atoms with van der Waals surface area (Å²) in [4.78, 5) is 14.1. The average molecular weight is 257 g/mol. The van der Waals surface area contributed by atoms with Gasteiger partial charge in [0, 0.05) is 12.6 Å². The van der Waals surface area contributed by atoms with Crippen LogP contribution in [-0.2, 0) is 4.79 Å². The van der Waals surface area contributed by atoms with Crippen molar-refractivity contribution in [3.05, 3.63) is 0 Å². The molecule has 1 saturated carbocycles. The molecule has 6 heteroatoms. The topological polar surface area (TPSA) is 99.2 Å². The summed E-state index contributed by atoms with van der Waals surface area (Å²) in [5, 5.41) is 20.7. The molecule has 4 N–H and O–H groups in total. The van der Waals surface area contributed by atoms with Gasteiger partial charge in [-0.2, -0.15) is 0 Å². The number of aliphatic hydroxyl groups excluding tert-OH is 1. The Bertz CT molecular complexity index is 301. The summed E-state index contributed by atoms with van der Waals surface area (Å²) in [6, 6.07) is 0.185. The number of aliphatic hydroxyl groups is 1. The number of hydrogen-bond donors (Lipinski definition) is 3. The van der Waals surface area contributed by atoms with Gasteiger partial charge in [0.15, 0.2) is 5.84 Å². The zero-order valence-corrected chi connectivity index (χ0v) is 10.9. The van der Waals surface area contributed by atoms with E-state index in [-0.39, 0.29) is 24.4 Å². The van der Waals surface area contributed by atoms with Crippen LogP contribution in [0.25, 0.3) is 0 Å². The number of oxime groups is 1. The molecular formula is C12H23N3O3. The van der Waals surface area contributed by atoms with Crippen LogP contribution in [0.15, 0.2) is 5.16 Å². The van der Waals surface area contributed by atoms with Gasteiger partial charge < -0.3 is 20.9 Å². The Morgan fingerprint density at radius 1 is 1.50 bits per heavy atom. The average Bonchev–Trinajstić information content (AvgIpc) is 2.89. The molecule has 0 spiro atoms. The molecule has 1 atom stereocenters. The maximum atomic E-state index is 12.4. The Morgan fingerprint density at radius 3 is 2.56 bits per heavy atom. The van der Waals surface area contributed by atoms with Crippen molar-refractivity contribution in [2.75, 3.05) is 13.2 Å². The molecular weight excluding hydrogens is 234 g/mol. The maximum Gasteiger partial charge on any atom is 0.233 e. The molecule has 0 saturated heterocycles. The van der Waals surface area contributed by atoms with E-state index < -0.39 is 5.92 Å². The first-order valence-electron chi connectivity index (χ1n) is 6.54. The second-order valence-corrected chi connectivity index (χ2v) is 4.68. The van der Waals surface area contributed by atoms with Crippen LogP contribution >= 0.6 is 0 Å². The maximum absolute atomic E-state index is 12.4. The van der Waals surface area contributed by atoms with Crippen LogP contribution in [0.4, 0.5) is 0 Å². The molecule has 1 amide bonds. The Balaban J connectivity index is 2.79. The smallest absolute Gasteiger partial charge is 0.233 e. The van der Waals surface area contributed by atoms with Crippen molar-refractivity contribution in [1.82, 2.24) is 4.90 Å². The fourth-order valence-corrected chi connectivity index (χ4v) is 2.58. The molecule has 18 heavy (non-hydrogen) atoms. The third-order valence-electron chi connectivity index (χ3n) is 3.57. The first-order chi connectivity index (χ1) is 8.65. The van der Waals surface area contributed by atoms with Crippen molar-refractivity contribution in [2.24, 2.45) is 16.8 Å². The zero-order chi connectivity index (χ0) is 13.5. The van der Waals surface area contributed by atoms with Crippen LogP contribution in [0.3, 0.4) is 0 Å². The normalized spacial score (nSPS) is 18.9. The van der Waals surface area contributed by atoms with Crippen molar-refractivity contribution in [3.8, 4) is 0 Å². The number of rotatable bonds is 6. The van der Waals surface area contributed by atoms with Gasteiger partial charge in [-0.1, -0.05) is 24.9 Å². The Hall–Kier alpha value is -1.30. The first kappa shape index (κ1) is 14.8. The number of nitrogens with zero attached hydrogens (tertiary/aromatic N) is 2. The van der Waals surface area contributed by atoms with E-state index in [1.165, 1.54) is 0 Å². The molecule has 0 aromatic rings. The molecule has 1 rings (SSSR count). The van der Waals surface area contributed by atoms with E-state index in [0.29, 0.717) is 13.0 Å². The van der Waals surface area contributed by atoms with E-state index in [1.807, 2.05) is 6.92 Å². The number of carbonyl (C=O) groups is 1. The molecule has 1 fully saturated rings. The van der Waals surface area contributed by atoms with Crippen LogP contribution in [0.5, 0.6) is 0 Å². The molecule has 1 unspecified atom stereocenters. The van der Waals surface area contributed by atoms with Crippen molar-refractivity contribution in [2.45, 2.75) is 45.1 Å². The van der Waals surface area contributed by atoms with Crippen molar-refractivity contribution >= 4 is 11.7 Å². The predicted molar refractivity (Wildman–Crippen MR) is 68.2 cm³/mol. The quantitative estimate of drug-likeness (QED) is 0.279. The summed E-state index contributed by atoms with van der Waals surface area (Å²) in [5.41, 5.74) is 5.55. The first-order valence-corrected chi connectivity index (χ1v) is 6.54. The van der Waals surface area contributed by atoms with Crippen molar-refractivity contribution in [3.63, 3.8) is 0 Å².